The minimum absolute atomic E-state index is 1.09. The molecule has 0 amide bonds. The summed E-state index contributed by atoms with van der Waals surface area (Å²) in [4.78, 5) is 0. The van der Waals surface area contributed by atoms with E-state index in [1.165, 1.54) is 21.2 Å². The maximum Gasteiger partial charge on any atom is 0.0256 e. The second-order valence-electron chi connectivity index (χ2n) is 3.11. The number of hydrogen-bond donors (Lipinski definition) is 0. The number of rotatable bonds is 1. The summed E-state index contributed by atoms with van der Waals surface area (Å²) in [5.74, 6) is 0. The fourth-order valence-electron chi connectivity index (χ4n) is 1.64. The zero-order chi connectivity index (χ0) is 9.26. The Morgan fingerprint density at radius 1 is 1.08 bits per heavy atom. The lowest BCUT2D eigenvalue weighted by atomic mass is 10.1. The first-order valence-corrected chi connectivity index (χ1v) is 5.28. The summed E-state index contributed by atoms with van der Waals surface area (Å²) in [6.45, 7) is 2.19. The molecule has 2 aliphatic rings. The van der Waals surface area contributed by atoms with E-state index in [1.54, 1.807) is 0 Å². The van der Waals surface area contributed by atoms with Gasteiger partial charge in [0.05, 0.1) is 0 Å². The van der Waals surface area contributed by atoms with Gasteiger partial charge in [-0.2, -0.15) is 0 Å². The second-order valence-corrected chi connectivity index (χ2v) is 3.96. The lowest BCUT2D eigenvalue weighted by molar-refractivity contribution is 1.16. The molecule has 0 bridgehead atoms. The van der Waals surface area contributed by atoms with Crippen molar-refractivity contribution in [2.45, 2.75) is 13.3 Å². The monoisotopic (exact) mass is 234 g/mol. The normalized spacial score (nSPS) is 10.6. The molecule has 0 aromatic rings. The standard InChI is InChI=1S/C12H11Br/c1-2-9-8-12(13)11-7-5-3-4-6-10(9)11/h3-8H,2H2,1H3. The lowest BCUT2D eigenvalue weighted by Crippen LogP contribution is -1.76. The molecule has 66 valence electrons. The van der Waals surface area contributed by atoms with Crippen molar-refractivity contribution in [1.29, 1.82) is 0 Å². The van der Waals surface area contributed by atoms with Gasteiger partial charge in [0.1, 0.15) is 0 Å². The van der Waals surface area contributed by atoms with Gasteiger partial charge in [-0.05, 0) is 29.2 Å². The smallest absolute Gasteiger partial charge is 0.0256 e. The minimum Gasteiger partial charge on any atom is -0.0622 e. The van der Waals surface area contributed by atoms with Gasteiger partial charge >= 0.3 is 0 Å². The number of halogens is 1. The fourth-order valence-corrected chi connectivity index (χ4v) is 2.26. The summed E-state index contributed by atoms with van der Waals surface area (Å²) in [7, 11) is 0. The molecule has 0 heterocycles. The van der Waals surface area contributed by atoms with Crippen LogP contribution in [0.1, 0.15) is 12.5 Å². The molecule has 0 nitrogen and oxygen atoms in total. The second kappa shape index (κ2) is 3.51. The lowest BCUT2D eigenvalue weighted by Gasteiger charge is -1.96. The molecule has 0 saturated carbocycles. The molecule has 0 spiro atoms. The average molecular weight is 235 g/mol. The summed E-state index contributed by atoms with van der Waals surface area (Å²) in [5, 5.41) is 0. The van der Waals surface area contributed by atoms with E-state index in [2.05, 4.69) is 59.3 Å². The SMILES string of the molecule is CCc1cc(Br)c2cccccc1-2. The zero-order valence-corrected chi connectivity index (χ0v) is 9.14. The number of hydrogen-bond acceptors (Lipinski definition) is 0. The molecule has 2 rings (SSSR count). The Morgan fingerprint density at radius 3 is 2.46 bits per heavy atom. The Kier molecular flexibility index (Phi) is 2.36. The topological polar surface area (TPSA) is 0 Å². The molecule has 1 heteroatoms. The minimum atomic E-state index is 1.09. The molecule has 0 aliphatic heterocycles. The number of fused-ring (bicyclic) bond motifs is 1. The highest BCUT2D eigenvalue weighted by atomic mass is 79.9. The molecule has 0 fully saturated rings. The van der Waals surface area contributed by atoms with Crippen LogP contribution in [0, 0.1) is 0 Å². The third-order valence-electron chi connectivity index (χ3n) is 2.32. The molecular weight excluding hydrogens is 224 g/mol. The Morgan fingerprint density at radius 2 is 1.77 bits per heavy atom. The summed E-state index contributed by atoms with van der Waals surface area (Å²) in [6.07, 6.45) is 1.09. The highest BCUT2D eigenvalue weighted by molar-refractivity contribution is 9.10. The molecule has 2 aliphatic carbocycles. The molecule has 0 saturated heterocycles. The van der Waals surface area contributed by atoms with E-state index in [1.807, 2.05) is 0 Å². The van der Waals surface area contributed by atoms with E-state index in [4.69, 9.17) is 0 Å². The van der Waals surface area contributed by atoms with Crippen molar-refractivity contribution >= 4 is 15.9 Å². The highest BCUT2D eigenvalue weighted by Gasteiger charge is 2.10. The summed E-state index contributed by atoms with van der Waals surface area (Å²) >= 11 is 3.58. The first-order valence-electron chi connectivity index (χ1n) is 4.49. The van der Waals surface area contributed by atoms with Crippen molar-refractivity contribution in [3.05, 3.63) is 46.4 Å². The van der Waals surface area contributed by atoms with Crippen LogP contribution in [-0.4, -0.2) is 0 Å². The van der Waals surface area contributed by atoms with E-state index >= 15 is 0 Å². The van der Waals surface area contributed by atoms with E-state index < -0.39 is 0 Å². The maximum atomic E-state index is 3.58. The van der Waals surface area contributed by atoms with Gasteiger partial charge in [0.15, 0.2) is 0 Å². The van der Waals surface area contributed by atoms with Crippen LogP contribution in [0.5, 0.6) is 0 Å². The molecule has 0 radical (unpaired) electrons. The zero-order valence-electron chi connectivity index (χ0n) is 7.55. The molecule has 0 atom stereocenters. The van der Waals surface area contributed by atoms with Crippen molar-refractivity contribution in [3.63, 3.8) is 0 Å². The molecule has 0 aromatic heterocycles. The predicted molar refractivity (Wildman–Crippen MR) is 60.1 cm³/mol. The van der Waals surface area contributed by atoms with Gasteiger partial charge in [-0.15, -0.1) is 0 Å². The van der Waals surface area contributed by atoms with Gasteiger partial charge in [-0.1, -0.05) is 53.2 Å². The van der Waals surface area contributed by atoms with Crippen LogP contribution >= 0.6 is 15.9 Å². The Hall–Kier alpha value is -0.820. The van der Waals surface area contributed by atoms with Crippen LogP contribution < -0.4 is 0 Å². The van der Waals surface area contributed by atoms with Crippen LogP contribution in [0.25, 0.3) is 11.1 Å². The molecular formula is C12H11Br. The Balaban J connectivity index is 2.71. The summed E-state index contributed by atoms with van der Waals surface area (Å²) in [6, 6.07) is 12.8. The Bertz CT molecular complexity index is 393. The molecule has 0 aromatic carbocycles. The predicted octanol–water partition coefficient (Wildman–Crippen LogP) is 4.12. The van der Waals surface area contributed by atoms with Crippen LogP contribution in [0.4, 0.5) is 0 Å². The van der Waals surface area contributed by atoms with Crippen molar-refractivity contribution in [2.24, 2.45) is 0 Å². The molecule has 0 unspecified atom stereocenters. The van der Waals surface area contributed by atoms with Crippen molar-refractivity contribution in [2.75, 3.05) is 0 Å². The van der Waals surface area contributed by atoms with Crippen molar-refractivity contribution < 1.29 is 0 Å². The van der Waals surface area contributed by atoms with Crippen LogP contribution in [0.3, 0.4) is 0 Å². The van der Waals surface area contributed by atoms with Gasteiger partial charge in [0.2, 0.25) is 0 Å². The van der Waals surface area contributed by atoms with Gasteiger partial charge < -0.3 is 0 Å². The highest BCUT2D eigenvalue weighted by Crippen LogP contribution is 2.35. The van der Waals surface area contributed by atoms with Crippen molar-refractivity contribution in [1.82, 2.24) is 0 Å². The van der Waals surface area contributed by atoms with Gasteiger partial charge in [-0.25, -0.2) is 0 Å². The van der Waals surface area contributed by atoms with E-state index in [9.17, 15) is 0 Å². The van der Waals surface area contributed by atoms with Crippen LogP contribution in [0.2, 0.25) is 0 Å². The summed E-state index contributed by atoms with van der Waals surface area (Å²) in [5.41, 5.74) is 4.08. The van der Waals surface area contributed by atoms with Gasteiger partial charge in [0.25, 0.3) is 0 Å². The van der Waals surface area contributed by atoms with E-state index in [-0.39, 0.29) is 0 Å². The molecule has 13 heavy (non-hydrogen) atoms. The third-order valence-corrected chi connectivity index (χ3v) is 2.98. The maximum absolute atomic E-state index is 3.58. The average Bonchev–Trinajstić information content (AvgIpc) is 2.38. The van der Waals surface area contributed by atoms with Gasteiger partial charge in [-0.3, -0.25) is 0 Å². The number of aryl methyl sites for hydroxylation is 1. The first kappa shape index (κ1) is 8.76. The van der Waals surface area contributed by atoms with E-state index in [0.717, 1.165) is 6.42 Å². The fraction of sp³-hybridized carbons (Fsp3) is 0.167. The van der Waals surface area contributed by atoms with Crippen LogP contribution in [0.15, 0.2) is 40.9 Å². The Labute approximate surface area is 87.1 Å². The quantitative estimate of drug-likeness (QED) is 0.697. The van der Waals surface area contributed by atoms with Gasteiger partial charge in [0, 0.05) is 4.47 Å². The molecule has 0 N–H and O–H groups in total. The largest absolute Gasteiger partial charge is 0.0622 e. The summed E-state index contributed by atoms with van der Waals surface area (Å²) < 4.78 is 1.20. The van der Waals surface area contributed by atoms with E-state index in [0.29, 0.717) is 0 Å². The van der Waals surface area contributed by atoms with Crippen molar-refractivity contribution in [3.8, 4) is 11.1 Å². The third kappa shape index (κ3) is 1.49. The first-order chi connectivity index (χ1) is 6.33. The van der Waals surface area contributed by atoms with Crippen LogP contribution in [-0.2, 0) is 6.42 Å².